The Kier molecular flexibility index (Phi) is 3.18. The second-order valence-electron chi connectivity index (χ2n) is 5.60. The van der Waals surface area contributed by atoms with Gasteiger partial charge in [0.2, 0.25) is 0 Å². The summed E-state index contributed by atoms with van der Waals surface area (Å²) in [5.74, 6) is -0.194. The van der Waals surface area contributed by atoms with Crippen LogP contribution >= 0.6 is 11.6 Å². The molecule has 0 unspecified atom stereocenters. The zero-order chi connectivity index (χ0) is 15.2. The third-order valence-corrected chi connectivity index (χ3v) is 4.97. The van der Waals surface area contributed by atoms with Crippen molar-refractivity contribution in [2.75, 3.05) is 7.05 Å². The Morgan fingerprint density at radius 2 is 2.10 bits per heavy atom. The molecule has 0 radical (unpaired) electrons. The third kappa shape index (κ3) is 1.85. The van der Waals surface area contributed by atoms with Crippen molar-refractivity contribution in [2.24, 2.45) is 7.05 Å². The Morgan fingerprint density at radius 3 is 2.62 bits per heavy atom. The van der Waals surface area contributed by atoms with Crippen LogP contribution in [-0.4, -0.2) is 28.0 Å². The molecule has 1 aliphatic carbocycles. The largest absolute Gasteiger partial charge is 0.338 e. The summed E-state index contributed by atoms with van der Waals surface area (Å²) in [6.45, 7) is 0. The van der Waals surface area contributed by atoms with Crippen LogP contribution in [-0.2, 0) is 7.05 Å². The van der Waals surface area contributed by atoms with Gasteiger partial charge in [0.05, 0.1) is 11.1 Å². The van der Waals surface area contributed by atoms with Crippen molar-refractivity contribution < 1.29 is 4.79 Å². The number of nitriles is 1. The maximum atomic E-state index is 12.8. The fourth-order valence-electron chi connectivity index (χ4n) is 2.97. The molecule has 3 rings (SSSR count). The fourth-order valence-corrected chi connectivity index (χ4v) is 3.34. The first kappa shape index (κ1) is 14.0. The average molecular weight is 302 g/mol. The van der Waals surface area contributed by atoms with Gasteiger partial charge in [-0.1, -0.05) is 29.8 Å². The molecule has 5 heteroatoms. The van der Waals surface area contributed by atoms with Crippen LogP contribution < -0.4 is 0 Å². The van der Waals surface area contributed by atoms with Crippen LogP contribution in [0.15, 0.2) is 24.3 Å². The normalized spacial score (nSPS) is 16.3. The fraction of sp³-hybridized carbons (Fsp3) is 0.375. The smallest absolute Gasteiger partial charge is 0.273 e. The summed E-state index contributed by atoms with van der Waals surface area (Å²) >= 11 is 6.40. The lowest BCUT2D eigenvalue weighted by atomic mass is 9.76. The highest BCUT2D eigenvalue weighted by atomic mass is 35.5. The Balaban J connectivity index is 2.09. The number of rotatable bonds is 2. The van der Waals surface area contributed by atoms with Crippen molar-refractivity contribution in [3.63, 3.8) is 0 Å². The monoisotopic (exact) mass is 301 g/mol. The van der Waals surface area contributed by atoms with E-state index in [1.54, 1.807) is 16.5 Å². The van der Waals surface area contributed by atoms with E-state index in [2.05, 4.69) is 6.07 Å². The van der Waals surface area contributed by atoms with Gasteiger partial charge in [-0.15, -0.1) is 0 Å². The number of halogens is 1. The first-order valence-electron chi connectivity index (χ1n) is 6.94. The SMILES string of the molecule is CN(C(=O)c1c(Cl)c2ccccc2n1C)C1(C#N)CCC1. The van der Waals surface area contributed by atoms with E-state index >= 15 is 0 Å². The van der Waals surface area contributed by atoms with E-state index in [1.807, 2.05) is 31.3 Å². The lowest BCUT2D eigenvalue weighted by Crippen LogP contribution is -2.53. The first-order valence-corrected chi connectivity index (χ1v) is 7.32. The molecule has 1 aromatic carbocycles. The van der Waals surface area contributed by atoms with Crippen LogP contribution in [0, 0.1) is 11.3 Å². The molecule has 1 aromatic heterocycles. The predicted octanol–water partition coefficient (Wildman–Crippen LogP) is 3.35. The summed E-state index contributed by atoms with van der Waals surface area (Å²) in [6.07, 6.45) is 2.44. The van der Waals surface area contributed by atoms with E-state index in [9.17, 15) is 10.1 Å². The molecule has 1 aliphatic rings. The Morgan fingerprint density at radius 1 is 1.43 bits per heavy atom. The van der Waals surface area contributed by atoms with Crippen molar-refractivity contribution in [1.29, 1.82) is 5.26 Å². The van der Waals surface area contributed by atoms with Gasteiger partial charge in [-0.05, 0) is 25.3 Å². The van der Waals surface area contributed by atoms with Crippen LogP contribution in [0.2, 0.25) is 5.02 Å². The molecule has 0 atom stereocenters. The van der Waals surface area contributed by atoms with E-state index in [0.717, 1.165) is 30.2 Å². The molecular formula is C16H16ClN3O. The van der Waals surface area contributed by atoms with Crippen molar-refractivity contribution >= 4 is 28.4 Å². The summed E-state index contributed by atoms with van der Waals surface area (Å²) in [4.78, 5) is 14.4. The molecule has 0 N–H and O–H groups in total. The van der Waals surface area contributed by atoms with Crippen LogP contribution in [0.25, 0.3) is 10.9 Å². The van der Waals surface area contributed by atoms with Crippen LogP contribution in [0.1, 0.15) is 29.8 Å². The number of aromatic nitrogens is 1. The van der Waals surface area contributed by atoms with Crippen molar-refractivity contribution in [1.82, 2.24) is 9.47 Å². The van der Waals surface area contributed by atoms with Gasteiger partial charge in [0.25, 0.3) is 5.91 Å². The third-order valence-electron chi connectivity index (χ3n) is 4.58. The Hall–Kier alpha value is -1.99. The number of nitrogens with zero attached hydrogens (tertiary/aromatic N) is 3. The van der Waals surface area contributed by atoms with Crippen LogP contribution in [0.4, 0.5) is 0 Å². The number of amides is 1. The van der Waals surface area contributed by atoms with Crippen LogP contribution in [0.3, 0.4) is 0 Å². The Bertz CT molecular complexity index is 729. The van der Waals surface area contributed by atoms with E-state index in [0.29, 0.717) is 10.7 Å². The molecule has 1 saturated carbocycles. The first-order chi connectivity index (χ1) is 10.0. The predicted molar refractivity (Wildman–Crippen MR) is 82.2 cm³/mol. The summed E-state index contributed by atoms with van der Waals surface area (Å²) in [6, 6.07) is 9.94. The molecule has 0 bridgehead atoms. The molecule has 1 heterocycles. The highest BCUT2D eigenvalue weighted by Gasteiger charge is 2.44. The molecular weight excluding hydrogens is 286 g/mol. The second kappa shape index (κ2) is 4.78. The summed E-state index contributed by atoms with van der Waals surface area (Å²) in [5, 5.41) is 10.7. The summed E-state index contributed by atoms with van der Waals surface area (Å²) in [7, 11) is 3.52. The van der Waals surface area contributed by atoms with Crippen LogP contribution in [0.5, 0.6) is 0 Å². The molecule has 108 valence electrons. The molecule has 4 nitrogen and oxygen atoms in total. The van der Waals surface area contributed by atoms with Gasteiger partial charge in [-0.25, -0.2) is 0 Å². The molecule has 0 spiro atoms. The maximum absolute atomic E-state index is 12.8. The minimum Gasteiger partial charge on any atom is -0.338 e. The van der Waals surface area contributed by atoms with Crippen molar-refractivity contribution in [3.8, 4) is 6.07 Å². The zero-order valence-corrected chi connectivity index (χ0v) is 12.8. The van der Waals surface area contributed by atoms with E-state index in [4.69, 9.17) is 11.6 Å². The summed E-state index contributed by atoms with van der Waals surface area (Å²) in [5.41, 5.74) is 0.692. The second-order valence-corrected chi connectivity index (χ2v) is 5.98. The minimum absolute atomic E-state index is 0.194. The van der Waals surface area contributed by atoms with Gasteiger partial charge in [-0.2, -0.15) is 5.26 Å². The quantitative estimate of drug-likeness (QED) is 0.854. The number of carbonyl (C=O) groups excluding carboxylic acids is 1. The van der Waals surface area contributed by atoms with E-state index < -0.39 is 5.54 Å². The maximum Gasteiger partial charge on any atom is 0.273 e. The number of carbonyl (C=O) groups is 1. The van der Waals surface area contributed by atoms with Gasteiger partial charge in [0.15, 0.2) is 0 Å². The molecule has 0 saturated heterocycles. The van der Waals surface area contributed by atoms with Crippen molar-refractivity contribution in [3.05, 3.63) is 35.0 Å². The molecule has 21 heavy (non-hydrogen) atoms. The molecule has 2 aromatic rings. The standard InChI is InChI=1S/C16H16ClN3O/c1-19-12-7-4-3-6-11(12)13(17)14(19)15(21)20(2)16(10-18)8-5-9-16/h3-4,6-7H,5,8-9H2,1-2H3. The Labute approximate surface area is 128 Å². The van der Waals surface area contributed by atoms with Crippen molar-refractivity contribution in [2.45, 2.75) is 24.8 Å². The number of aryl methyl sites for hydroxylation is 1. The summed E-state index contributed by atoms with van der Waals surface area (Å²) < 4.78 is 1.81. The molecule has 0 aliphatic heterocycles. The lowest BCUT2D eigenvalue weighted by Gasteiger charge is -2.42. The van der Waals surface area contributed by atoms with E-state index in [1.165, 1.54) is 0 Å². The number of benzene rings is 1. The lowest BCUT2D eigenvalue weighted by molar-refractivity contribution is 0.0489. The minimum atomic E-state index is -0.670. The molecule has 1 fully saturated rings. The van der Waals surface area contributed by atoms with Gasteiger partial charge in [0, 0.05) is 25.0 Å². The topological polar surface area (TPSA) is 49.0 Å². The van der Waals surface area contributed by atoms with Gasteiger partial charge in [0.1, 0.15) is 11.2 Å². The zero-order valence-electron chi connectivity index (χ0n) is 12.1. The van der Waals surface area contributed by atoms with Gasteiger partial charge >= 0.3 is 0 Å². The molecule has 1 amide bonds. The van der Waals surface area contributed by atoms with Gasteiger partial charge < -0.3 is 9.47 Å². The highest BCUT2D eigenvalue weighted by molar-refractivity contribution is 6.38. The number of hydrogen-bond acceptors (Lipinski definition) is 2. The number of fused-ring (bicyclic) bond motifs is 1. The average Bonchev–Trinajstić information content (AvgIpc) is 2.70. The number of hydrogen-bond donors (Lipinski definition) is 0. The van der Waals surface area contributed by atoms with Gasteiger partial charge in [-0.3, -0.25) is 4.79 Å². The highest BCUT2D eigenvalue weighted by Crippen LogP contribution is 2.38. The number of para-hydroxylation sites is 1. The van der Waals surface area contributed by atoms with E-state index in [-0.39, 0.29) is 5.91 Å².